The summed E-state index contributed by atoms with van der Waals surface area (Å²) in [4.78, 5) is 39.4. The molecule has 1 atom stereocenters. The number of carbonyl (C=O) groups excluding carboxylic acids is 3. The summed E-state index contributed by atoms with van der Waals surface area (Å²) in [6.07, 6.45) is 0.448. The van der Waals surface area contributed by atoms with E-state index in [2.05, 4.69) is 0 Å². The quantitative estimate of drug-likeness (QED) is 0.567. The van der Waals surface area contributed by atoms with E-state index in [4.69, 9.17) is 14.2 Å². The van der Waals surface area contributed by atoms with Crippen molar-refractivity contribution in [2.45, 2.75) is 38.6 Å². The number of carbonyl (C=O) groups is 3. The van der Waals surface area contributed by atoms with Gasteiger partial charge in [-0.15, -0.1) is 0 Å². The minimum absolute atomic E-state index is 0.0983. The summed E-state index contributed by atoms with van der Waals surface area (Å²) in [7, 11) is 1.56. The van der Waals surface area contributed by atoms with Crippen LogP contribution >= 0.6 is 0 Å². The molecule has 1 amide bonds. The molecule has 7 heteroatoms. The number of benzene rings is 1. The number of methoxy groups -OCH3 is 1. The maximum absolute atomic E-state index is 13.0. The van der Waals surface area contributed by atoms with E-state index in [1.807, 2.05) is 0 Å². The summed E-state index contributed by atoms with van der Waals surface area (Å²) in [6.45, 7) is 5.12. The van der Waals surface area contributed by atoms with Crippen LogP contribution in [0, 0.1) is 0 Å². The Morgan fingerprint density at radius 3 is 2.04 bits per heavy atom. The fraction of sp³-hybridized carbons (Fsp3) is 0.526. The lowest BCUT2D eigenvalue weighted by Crippen LogP contribution is -2.62. The third kappa shape index (κ3) is 3.25. The summed E-state index contributed by atoms with van der Waals surface area (Å²) < 4.78 is 15.6. The number of likely N-dealkylation sites (tertiary alicyclic amines) is 1. The Morgan fingerprint density at radius 2 is 1.62 bits per heavy atom. The molecule has 1 aliphatic rings. The summed E-state index contributed by atoms with van der Waals surface area (Å²) >= 11 is 0. The summed E-state index contributed by atoms with van der Waals surface area (Å²) in [5.74, 6) is -1.79. The number of nitrogens with zero attached hydrogens (tertiary/aromatic N) is 1. The molecule has 0 N–H and O–H groups in total. The Labute approximate surface area is 153 Å². The highest BCUT2D eigenvalue weighted by Crippen LogP contribution is 2.44. The van der Waals surface area contributed by atoms with Gasteiger partial charge in [-0.1, -0.05) is 12.1 Å². The van der Waals surface area contributed by atoms with Crippen molar-refractivity contribution in [2.24, 2.45) is 0 Å². The minimum Gasteiger partial charge on any atom is -0.497 e. The number of ether oxygens (including phenoxy) is 3. The molecule has 26 heavy (non-hydrogen) atoms. The predicted molar refractivity (Wildman–Crippen MR) is 93.7 cm³/mol. The van der Waals surface area contributed by atoms with E-state index >= 15 is 0 Å². The van der Waals surface area contributed by atoms with Crippen LogP contribution in [0.2, 0.25) is 0 Å². The Hall–Kier alpha value is -2.57. The van der Waals surface area contributed by atoms with Crippen LogP contribution in [-0.2, 0) is 23.9 Å². The van der Waals surface area contributed by atoms with Gasteiger partial charge in [0.15, 0.2) is 0 Å². The second-order valence-electron chi connectivity index (χ2n) is 5.99. The predicted octanol–water partition coefficient (Wildman–Crippen LogP) is 1.90. The molecule has 1 heterocycles. The molecule has 1 aliphatic heterocycles. The van der Waals surface area contributed by atoms with E-state index < -0.39 is 23.4 Å². The van der Waals surface area contributed by atoms with Gasteiger partial charge in [0.25, 0.3) is 0 Å². The van der Waals surface area contributed by atoms with Crippen LogP contribution in [0.5, 0.6) is 5.75 Å². The van der Waals surface area contributed by atoms with Crippen molar-refractivity contribution >= 4 is 17.8 Å². The van der Waals surface area contributed by atoms with Crippen LogP contribution in [0.4, 0.5) is 0 Å². The first-order chi connectivity index (χ1) is 12.4. The number of esters is 2. The fourth-order valence-corrected chi connectivity index (χ4v) is 3.55. The molecule has 0 bridgehead atoms. The van der Waals surface area contributed by atoms with Gasteiger partial charge in [0.2, 0.25) is 11.4 Å². The fourth-order valence-electron chi connectivity index (χ4n) is 3.55. The molecule has 1 aromatic rings. The second kappa shape index (κ2) is 8.21. The molecule has 0 spiro atoms. The zero-order valence-electron chi connectivity index (χ0n) is 15.6. The topological polar surface area (TPSA) is 82.1 Å². The molecular weight excluding hydrogens is 338 g/mol. The van der Waals surface area contributed by atoms with E-state index in [0.717, 1.165) is 5.56 Å². The van der Waals surface area contributed by atoms with Crippen LogP contribution in [0.3, 0.4) is 0 Å². The molecule has 1 saturated heterocycles. The molecule has 2 rings (SSSR count). The van der Waals surface area contributed by atoms with Gasteiger partial charge in [0.1, 0.15) is 5.75 Å². The normalized spacial score (nSPS) is 18.3. The van der Waals surface area contributed by atoms with E-state index in [9.17, 15) is 14.4 Å². The lowest BCUT2D eigenvalue weighted by molar-refractivity contribution is -0.177. The van der Waals surface area contributed by atoms with Crippen molar-refractivity contribution in [3.8, 4) is 5.75 Å². The first kappa shape index (κ1) is 19.8. The van der Waals surface area contributed by atoms with Gasteiger partial charge in [-0.3, -0.25) is 4.79 Å². The Morgan fingerprint density at radius 1 is 1.08 bits per heavy atom. The maximum atomic E-state index is 13.0. The van der Waals surface area contributed by atoms with Crippen molar-refractivity contribution < 1.29 is 28.6 Å². The lowest BCUT2D eigenvalue weighted by Gasteiger charge is -2.37. The van der Waals surface area contributed by atoms with Crippen LogP contribution < -0.4 is 4.74 Å². The third-order valence-corrected chi connectivity index (χ3v) is 4.64. The Bertz CT molecular complexity index is 651. The van der Waals surface area contributed by atoms with Gasteiger partial charge in [0, 0.05) is 19.4 Å². The van der Waals surface area contributed by atoms with Crippen LogP contribution in [0.25, 0.3) is 0 Å². The smallest absolute Gasteiger partial charge is 0.344 e. The van der Waals surface area contributed by atoms with Crippen molar-refractivity contribution in [1.29, 1.82) is 0 Å². The van der Waals surface area contributed by atoms with E-state index in [-0.39, 0.29) is 25.7 Å². The standard InChI is InChI=1S/C19H25NO6/c1-5-25-17(22)19(18(23)26-6-2)16(11-12-20(19)13(3)21)14-7-9-15(24-4)10-8-14/h7-10,16H,5-6,11-12H2,1-4H3. The average molecular weight is 363 g/mol. The minimum atomic E-state index is -1.81. The summed E-state index contributed by atoms with van der Waals surface area (Å²) in [5, 5.41) is 0. The molecule has 7 nitrogen and oxygen atoms in total. The largest absolute Gasteiger partial charge is 0.497 e. The molecule has 1 fully saturated rings. The summed E-state index contributed by atoms with van der Waals surface area (Å²) in [5.41, 5.74) is -1.07. The number of hydrogen-bond acceptors (Lipinski definition) is 6. The number of amides is 1. The molecule has 0 aromatic heterocycles. The summed E-state index contributed by atoms with van der Waals surface area (Å²) in [6, 6.07) is 7.10. The van der Waals surface area contributed by atoms with Crippen LogP contribution in [0.1, 0.15) is 38.7 Å². The first-order valence-electron chi connectivity index (χ1n) is 8.69. The molecule has 1 aromatic carbocycles. The van der Waals surface area contributed by atoms with Crippen molar-refractivity contribution in [3.05, 3.63) is 29.8 Å². The van der Waals surface area contributed by atoms with Gasteiger partial charge in [-0.25, -0.2) is 9.59 Å². The Kier molecular flexibility index (Phi) is 6.23. The van der Waals surface area contributed by atoms with Gasteiger partial charge in [-0.05, 0) is 38.0 Å². The Balaban J connectivity index is 2.60. The number of rotatable bonds is 6. The van der Waals surface area contributed by atoms with Crippen molar-refractivity contribution in [1.82, 2.24) is 4.90 Å². The monoisotopic (exact) mass is 363 g/mol. The molecule has 1 unspecified atom stereocenters. The van der Waals surface area contributed by atoms with Crippen LogP contribution in [-0.4, -0.2) is 55.2 Å². The van der Waals surface area contributed by atoms with Crippen LogP contribution in [0.15, 0.2) is 24.3 Å². The highest BCUT2D eigenvalue weighted by atomic mass is 16.6. The molecular formula is C19H25NO6. The van der Waals surface area contributed by atoms with E-state index in [1.165, 1.54) is 11.8 Å². The molecule has 0 aliphatic carbocycles. The number of hydrogen-bond donors (Lipinski definition) is 0. The highest BCUT2D eigenvalue weighted by Gasteiger charge is 2.64. The SMILES string of the molecule is CCOC(=O)C1(C(=O)OCC)C(c2ccc(OC)cc2)CCN1C(C)=O. The van der Waals surface area contributed by atoms with Crippen molar-refractivity contribution in [2.75, 3.05) is 26.9 Å². The second-order valence-corrected chi connectivity index (χ2v) is 5.99. The van der Waals surface area contributed by atoms with Crippen molar-refractivity contribution in [3.63, 3.8) is 0 Å². The first-order valence-corrected chi connectivity index (χ1v) is 8.69. The van der Waals surface area contributed by atoms with Gasteiger partial charge < -0.3 is 19.1 Å². The van der Waals surface area contributed by atoms with Gasteiger partial charge in [0.05, 0.1) is 20.3 Å². The average Bonchev–Trinajstić information content (AvgIpc) is 3.04. The zero-order valence-corrected chi connectivity index (χ0v) is 15.6. The maximum Gasteiger partial charge on any atom is 0.344 e. The molecule has 0 radical (unpaired) electrons. The highest BCUT2D eigenvalue weighted by molar-refractivity contribution is 6.09. The van der Waals surface area contributed by atoms with E-state index in [0.29, 0.717) is 12.2 Å². The zero-order chi connectivity index (χ0) is 19.3. The van der Waals surface area contributed by atoms with Gasteiger partial charge in [-0.2, -0.15) is 0 Å². The van der Waals surface area contributed by atoms with E-state index in [1.54, 1.807) is 45.2 Å². The molecule has 0 saturated carbocycles. The third-order valence-electron chi connectivity index (χ3n) is 4.64. The van der Waals surface area contributed by atoms with Gasteiger partial charge >= 0.3 is 11.9 Å². The lowest BCUT2D eigenvalue weighted by atomic mass is 9.79. The molecule has 142 valence electrons.